The fourth-order valence-corrected chi connectivity index (χ4v) is 1.59. The highest BCUT2D eigenvalue weighted by Crippen LogP contribution is 2.23. The number of rotatable bonds is 0. The quantitative estimate of drug-likeness (QED) is 0.771. The zero-order valence-electron chi connectivity index (χ0n) is 6.33. The molecule has 0 aliphatic rings. The summed E-state index contributed by atoms with van der Waals surface area (Å²) in [5.41, 5.74) is 0.494. The third-order valence-electron chi connectivity index (χ3n) is 1.59. The van der Waals surface area contributed by atoms with Crippen LogP contribution in [-0.4, -0.2) is 15.1 Å². The van der Waals surface area contributed by atoms with E-state index >= 15 is 0 Å². The molecule has 0 bridgehead atoms. The van der Waals surface area contributed by atoms with Gasteiger partial charge in [-0.3, -0.25) is 0 Å². The number of hydrogen-bond donors (Lipinski definition) is 1. The van der Waals surface area contributed by atoms with Crippen molar-refractivity contribution in [1.29, 1.82) is 0 Å². The maximum Gasteiger partial charge on any atom is 0.314 e. The molecule has 0 saturated carbocycles. The predicted molar refractivity (Wildman–Crippen MR) is 48.9 cm³/mol. The fraction of sp³-hybridized carbons (Fsp3) is 0. The van der Waals surface area contributed by atoms with Crippen LogP contribution in [0.3, 0.4) is 0 Å². The number of aromatic nitrogens is 2. The molecule has 0 atom stereocenters. The van der Waals surface area contributed by atoms with Crippen molar-refractivity contribution in [3.05, 3.63) is 28.6 Å². The Bertz CT molecular complexity index is 475. The van der Waals surface area contributed by atoms with E-state index in [9.17, 15) is 4.39 Å². The highest BCUT2D eigenvalue weighted by atomic mass is 79.9. The van der Waals surface area contributed by atoms with Gasteiger partial charge in [0.15, 0.2) is 0 Å². The molecule has 0 aliphatic carbocycles. The van der Waals surface area contributed by atoms with E-state index in [-0.39, 0.29) is 11.8 Å². The number of halogens is 2. The normalized spacial score (nSPS) is 10.6. The van der Waals surface area contributed by atoms with Gasteiger partial charge in [-0.05, 0) is 28.1 Å². The van der Waals surface area contributed by atoms with Crippen LogP contribution in [0.25, 0.3) is 10.9 Å². The first-order valence-corrected chi connectivity index (χ1v) is 4.27. The summed E-state index contributed by atoms with van der Waals surface area (Å²) in [4.78, 5) is 7.29. The third-order valence-corrected chi connectivity index (χ3v) is 2.19. The summed E-state index contributed by atoms with van der Waals surface area (Å²) < 4.78 is 13.4. The summed E-state index contributed by atoms with van der Waals surface area (Å²) in [7, 11) is 0. The van der Waals surface area contributed by atoms with Crippen molar-refractivity contribution in [2.75, 3.05) is 0 Å². The van der Waals surface area contributed by atoms with Gasteiger partial charge in [-0.1, -0.05) is 0 Å². The Balaban J connectivity index is 2.87. The summed E-state index contributed by atoms with van der Waals surface area (Å²) in [6, 6.07) is 2.27. The Hall–Kier alpha value is -1.23. The maximum atomic E-state index is 12.8. The van der Waals surface area contributed by atoms with Crippen molar-refractivity contribution in [2.24, 2.45) is 0 Å². The molecule has 0 amide bonds. The lowest BCUT2D eigenvalue weighted by Crippen LogP contribution is -1.86. The van der Waals surface area contributed by atoms with Crippen LogP contribution < -0.4 is 0 Å². The van der Waals surface area contributed by atoms with Crippen LogP contribution >= 0.6 is 15.9 Å². The van der Waals surface area contributed by atoms with Gasteiger partial charge in [0.2, 0.25) is 0 Å². The molecule has 0 aliphatic heterocycles. The smallest absolute Gasteiger partial charge is 0.314 e. The molecule has 0 saturated heterocycles. The largest absolute Gasteiger partial charge is 0.479 e. The molecule has 1 aromatic heterocycles. The van der Waals surface area contributed by atoms with Gasteiger partial charge < -0.3 is 5.11 Å². The molecule has 66 valence electrons. The fourth-order valence-electron chi connectivity index (χ4n) is 1.06. The summed E-state index contributed by atoms with van der Waals surface area (Å²) in [6.45, 7) is 0. The lowest BCUT2D eigenvalue weighted by molar-refractivity contribution is 0.433. The number of benzene rings is 1. The van der Waals surface area contributed by atoms with Gasteiger partial charge in [-0.15, -0.1) is 0 Å². The van der Waals surface area contributed by atoms with Gasteiger partial charge in [0.25, 0.3) is 0 Å². The summed E-state index contributed by atoms with van der Waals surface area (Å²) >= 11 is 3.14. The van der Waals surface area contributed by atoms with E-state index in [1.807, 2.05) is 0 Å². The van der Waals surface area contributed by atoms with Crippen molar-refractivity contribution < 1.29 is 9.50 Å². The SMILES string of the molecule is Oc1ncc2cc(F)cc(Br)c2n1. The van der Waals surface area contributed by atoms with Crippen LogP contribution in [0.1, 0.15) is 0 Å². The third kappa shape index (κ3) is 1.47. The second-order valence-electron chi connectivity index (χ2n) is 2.50. The minimum atomic E-state index is -0.367. The van der Waals surface area contributed by atoms with E-state index in [2.05, 4.69) is 25.9 Å². The minimum Gasteiger partial charge on any atom is -0.479 e. The second kappa shape index (κ2) is 2.92. The number of nitrogens with zero attached hydrogens (tertiary/aromatic N) is 2. The molecule has 3 nitrogen and oxygen atoms in total. The molecule has 1 aromatic carbocycles. The molecular formula is C8H4BrFN2O. The van der Waals surface area contributed by atoms with Crippen molar-refractivity contribution in [3.8, 4) is 6.01 Å². The first-order valence-electron chi connectivity index (χ1n) is 3.47. The molecule has 0 fully saturated rings. The second-order valence-corrected chi connectivity index (χ2v) is 3.35. The minimum absolute atomic E-state index is 0.320. The summed E-state index contributed by atoms with van der Waals surface area (Å²) in [6.07, 6.45) is 1.37. The van der Waals surface area contributed by atoms with Gasteiger partial charge in [0.1, 0.15) is 5.82 Å². The molecule has 0 spiro atoms. The van der Waals surface area contributed by atoms with Gasteiger partial charge in [0.05, 0.1) is 5.52 Å². The molecule has 0 radical (unpaired) electrons. The summed E-state index contributed by atoms with van der Waals surface area (Å²) in [5, 5.41) is 9.53. The van der Waals surface area contributed by atoms with Gasteiger partial charge in [-0.2, -0.15) is 4.98 Å². The molecule has 5 heteroatoms. The monoisotopic (exact) mass is 242 g/mol. The first kappa shape index (κ1) is 8.37. The number of hydrogen-bond acceptors (Lipinski definition) is 3. The Morgan fingerprint density at radius 3 is 2.92 bits per heavy atom. The molecular weight excluding hydrogens is 239 g/mol. The number of aromatic hydroxyl groups is 1. The molecule has 0 unspecified atom stereocenters. The van der Waals surface area contributed by atoms with Crippen LogP contribution in [0.4, 0.5) is 4.39 Å². The van der Waals surface area contributed by atoms with E-state index in [1.54, 1.807) is 0 Å². The van der Waals surface area contributed by atoms with Crippen molar-refractivity contribution in [3.63, 3.8) is 0 Å². The maximum absolute atomic E-state index is 12.8. The molecule has 13 heavy (non-hydrogen) atoms. The average Bonchev–Trinajstić information content (AvgIpc) is 2.06. The van der Waals surface area contributed by atoms with Crippen LogP contribution in [0.15, 0.2) is 22.8 Å². The highest BCUT2D eigenvalue weighted by Gasteiger charge is 2.04. The summed E-state index contributed by atoms with van der Waals surface area (Å²) in [5.74, 6) is -0.367. The van der Waals surface area contributed by atoms with Crippen LogP contribution in [0, 0.1) is 5.82 Å². The van der Waals surface area contributed by atoms with E-state index in [1.165, 1.54) is 18.3 Å². The lowest BCUT2D eigenvalue weighted by atomic mass is 10.2. The van der Waals surface area contributed by atoms with Crippen molar-refractivity contribution in [2.45, 2.75) is 0 Å². The Kier molecular flexibility index (Phi) is 1.88. The first-order chi connectivity index (χ1) is 6.16. The zero-order valence-corrected chi connectivity index (χ0v) is 7.92. The predicted octanol–water partition coefficient (Wildman–Crippen LogP) is 2.24. The van der Waals surface area contributed by atoms with E-state index in [0.717, 1.165) is 0 Å². The standard InChI is InChI=1S/C8H4BrFN2O/c9-6-2-5(10)1-4-3-11-8(13)12-7(4)6/h1-3H,(H,11,12,13). The van der Waals surface area contributed by atoms with Gasteiger partial charge in [0, 0.05) is 16.1 Å². The van der Waals surface area contributed by atoms with Crippen LogP contribution in [0.2, 0.25) is 0 Å². The zero-order chi connectivity index (χ0) is 9.42. The highest BCUT2D eigenvalue weighted by molar-refractivity contribution is 9.10. The Labute approximate surface area is 81.4 Å². The van der Waals surface area contributed by atoms with Crippen molar-refractivity contribution in [1.82, 2.24) is 9.97 Å². The molecule has 2 aromatic rings. The van der Waals surface area contributed by atoms with Gasteiger partial charge in [-0.25, -0.2) is 9.37 Å². The topological polar surface area (TPSA) is 46.0 Å². The van der Waals surface area contributed by atoms with Crippen LogP contribution in [-0.2, 0) is 0 Å². The lowest BCUT2D eigenvalue weighted by Gasteiger charge is -1.99. The Morgan fingerprint density at radius 1 is 1.38 bits per heavy atom. The van der Waals surface area contributed by atoms with Crippen LogP contribution in [0.5, 0.6) is 6.01 Å². The van der Waals surface area contributed by atoms with Gasteiger partial charge >= 0.3 is 6.01 Å². The Morgan fingerprint density at radius 2 is 2.15 bits per heavy atom. The number of fused-ring (bicyclic) bond motifs is 1. The van der Waals surface area contributed by atoms with E-state index < -0.39 is 0 Å². The van der Waals surface area contributed by atoms with E-state index in [4.69, 9.17) is 5.11 Å². The average molecular weight is 243 g/mol. The molecule has 1 heterocycles. The molecule has 2 rings (SSSR count). The molecule has 1 N–H and O–H groups in total. The van der Waals surface area contributed by atoms with Crippen molar-refractivity contribution >= 4 is 26.8 Å². The van der Waals surface area contributed by atoms with E-state index in [0.29, 0.717) is 15.4 Å².